The van der Waals surface area contributed by atoms with E-state index in [1.807, 2.05) is 49.4 Å². The van der Waals surface area contributed by atoms with Crippen molar-refractivity contribution in [2.24, 2.45) is 4.99 Å². The SMILES string of the molecule is COc1ccc(N=C(C)c2ccc(OC)c(OC)c2)cc1. The molecule has 2 aromatic rings. The van der Waals surface area contributed by atoms with Gasteiger partial charge in [-0.3, -0.25) is 4.99 Å². The van der Waals surface area contributed by atoms with Gasteiger partial charge in [0, 0.05) is 5.71 Å². The lowest BCUT2D eigenvalue weighted by atomic mass is 10.1. The molecule has 0 unspecified atom stereocenters. The quantitative estimate of drug-likeness (QED) is 0.783. The summed E-state index contributed by atoms with van der Waals surface area (Å²) in [4.78, 5) is 4.60. The van der Waals surface area contributed by atoms with E-state index in [0.717, 1.165) is 22.7 Å². The van der Waals surface area contributed by atoms with E-state index in [4.69, 9.17) is 14.2 Å². The fourth-order valence-corrected chi connectivity index (χ4v) is 1.98. The summed E-state index contributed by atoms with van der Waals surface area (Å²) in [5, 5.41) is 0. The molecule has 0 aliphatic carbocycles. The highest BCUT2D eigenvalue weighted by molar-refractivity contribution is 6.00. The molecule has 2 rings (SSSR count). The first-order valence-electron chi connectivity index (χ1n) is 6.59. The Bertz CT molecular complexity index is 633. The van der Waals surface area contributed by atoms with Crippen LogP contribution in [0.2, 0.25) is 0 Å². The monoisotopic (exact) mass is 285 g/mol. The van der Waals surface area contributed by atoms with Gasteiger partial charge in [-0.15, -0.1) is 0 Å². The molecule has 0 aliphatic heterocycles. The molecule has 0 fully saturated rings. The second kappa shape index (κ2) is 6.79. The smallest absolute Gasteiger partial charge is 0.161 e. The zero-order valence-electron chi connectivity index (χ0n) is 12.7. The molecule has 110 valence electrons. The first kappa shape index (κ1) is 14.9. The molecule has 0 N–H and O–H groups in total. The number of aliphatic imine (C=N–C) groups is 1. The third-order valence-electron chi connectivity index (χ3n) is 3.17. The summed E-state index contributed by atoms with van der Waals surface area (Å²) < 4.78 is 15.7. The maximum Gasteiger partial charge on any atom is 0.161 e. The van der Waals surface area contributed by atoms with Gasteiger partial charge in [0.05, 0.1) is 27.0 Å². The van der Waals surface area contributed by atoms with E-state index >= 15 is 0 Å². The molecule has 2 aromatic carbocycles. The second-order valence-electron chi connectivity index (χ2n) is 4.47. The zero-order valence-corrected chi connectivity index (χ0v) is 12.7. The predicted octanol–water partition coefficient (Wildman–Crippen LogP) is 3.85. The highest BCUT2D eigenvalue weighted by atomic mass is 16.5. The van der Waals surface area contributed by atoms with Crippen molar-refractivity contribution in [3.63, 3.8) is 0 Å². The third kappa shape index (κ3) is 3.54. The summed E-state index contributed by atoms with van der Waals surface area (Å²) in [6.45, 7) is 1.96. The van der Waals surface area contributed by atoms with E-state index in [2.05, 4.69) is 4.99 Å². The number of ether oxygens (including phenoxy) is 3. The molecule has 0 radical (unpaired) electrons. The Morgan fingerprint density at radius 1 is 0.810 bits per heavy atom. The van der Waals surface area contributed by atoms with Crippen molar-refractivity contribution in [1.29, 1.82) is 0 Å². The van der Waals surface area contributed by atoms with Gasteiger partial charge in [0.2, 0.25) is 0 Å². The van der Waals surface area contributed by atoms with Gasteiger partial charge in [-0.2, -0.15) is 0 Å². The Morgan fingerprint density at radius 2 is 1.48 bits per heavy atom. The van der Waals surface area contributed by atoms with Gasteiger partial charge in [0.15, 0.2) is 11.5 Å². The maximum atomic E-state index is 5.31. The van der Waals surface area contributed by atoms with Crippen LogP contribution in [0.25, 0.3) is 0 Å². The summed E-state index contributed by atoms with van der Waals surface area (Å²) >= 11 is 0. The molecule has 0 amide bonds. The van der Waals surface area contributed by atoms with Gasteiger partial charge in [-0.1, -0.05) is 0 Å². The number of hydrogen-bond acceptors (Lipinski definition) is 4. The van der Waals surface area contributed by atoms with Crippen LogP contribution in [0.5, 0.6) is 17.2 Å². The Hall–Kier alpha value is -2.49. The Morgan fingerprint density at radius 3 is 2.05 bits per heavy atom. The van der Waals surface area contributed by atoms with E-state index in [9.17, 15) is 0 Å². The second-order valence-corrected chi connectivity index (χ2v) is 4.47. The number of nitrogens with zero attached hydrogens (tertiary/aromatic N) is 1. The summed E-state index contributed by atoms with van der Waals surface area (Å²) in [5.74, 6) is 2.22. The fourth-order valence-electron chi connectivity index (χ4n) is 1.98. The van der Waals surface area contributed by atoms with Gasteiger partial charge >= 0.3 is 0 Å². The van der Waals surface area contributed by atoms with E-state index in [-0.39, 0.29) is 0 Å². The molecule has 4 nitrogen and oxygen atoms in total. The minimum absolute atomic E-state index is 0.694. The van der Waals surface area contributed by atoms with Crippen molar-refractivity contribution in [3.8, 4) is 17.2 Å². The molecule has 4 heteroatoms. The van der Waals surface area contributed by atoms with Gasteiger partial charge in [-0.05, 0) is 55.0 Å². The molecule has 0 bridgehead atoms. The van der Waals surface area contributed by atoms with E-state index < -0.39 is 0 Å². The van der Waals surface area contributed by atoms with Crippen LogP contribution < -0.4 is 14.2 Å². The lowest BCUT2D eigenvalue weighted by molar-refractivity contribution is 0.355. The molecule has 0 spiro atoms. The van der Waals surface area contributed by atoms with Gasteiger partial charge < -0.3 is 14.2 Å². The van der Waals surface area contributed by atoms with Gasteiger partial charge in [-0.25, -0.2) is 0 Å². The highest BCUT2D eigenvalue weighted by Crippen LogP contribution is 2.28. The van der Waals surface area contributed by atoms with E-state index in [1.54, 1.807) is 21.3 Å². The van der Waals surface area contributed by atoms with E-state index in [1.165, 1.54) is 0 Å². The predicted molar refractivity (Wildman–Crippen MR) is 84.4 cm³/mol. The molecule has 21 heavy (non-hydrogen) atoms. The minimum Gasteiger partial charge on any atom is -0.497 e. The van der Waals surface area contributed by atoms with Crippen LogP contribution in [0.4, 0.5) is 5.69 Å². The average molecular weight is 285 g/mol. The molecule has 0 saturated carbocycles. The molecule has 0 atom stereocenters. The number of benzene rings is 2. The zero-order chi connectivity index (χ0) is 15.2. The van der Waals surface area contributed by atoms with Crippen LogP contribution in [0.1, 0.15) is 12.5 Å². The standard InChI is InChI=1S/C17H19NO3/c1-12(18-14-6-8-15(19-2)9-7-14)13-5-10-16(20-3)17(11-13)21-4/h5-11H,1-4H3. The van der Waals surface area contributed by atoms with E-state index in [0.29, 0.717) is 11.5 Å². The van der Waals surface area contributed by atoms with Crippen molar-refractivity contribution in [1.82, 2.24) is 0 Å². The van der Waals surface area contributed by atoms with Crippen molar-refractivity contribution < 1.29 is 14.2 Å². The number of hydrogen-bond donors (Lipinski definition) is 0. The largest absolute Gasteiger partial charge is 0.497 e. The number of rotatable bonds is 5. The van der Waals surface area contributed by atoms with Gasteiger partial charge in [0.25, 0.3) is 0 Å². The summed E-state index contributed by atoms with van der Waals surface area (Å²) in [6.07, 6.45) is 0. The summed E-state index contributed by atoms with van der Waals surface area (Å²) in [7, 11) is 4.89. The van der Waals surface area contributed by atoms with Gasteiger partial charge in [0.1, 0.15) is 5.75 Å². The first-order chi connectivity index (χ1) is 10.2. The molecule has 0 heterocycles. The normalized spacial score (nSPS) is 11.1. The van der Waals surface area contributed by atoms with Crippen LogP contribution in [0.15, 0.2) is 47.5 Å². The number of methoxy groups -OCH3 is 3. The van der Waals surface area contributed by atoms with Crippen molar-refractivity contribution in [3.05, 3.63) is 48.0 Å². The molecule has 0 aromatic heterocycles. The van der Waals surface area contributed by atoms with Crippen molar-refractivity contribution in [2.45, 2.75) is 6.92 Å². The molecule has 0 aliphatic rings. The summed E-state index contributed by atoms with van der Waals surface area (Å²) in [6, 6.07) is 13.4. The minimum atomic E-state index is 0.694. The average Bonchev–Trinajstić information content (AvgIpc) is 2.54. The first-order valence-corrected chi connectivity index (χ1v) is 6.59. The lowest BCUT2D eigenvalue weighted by Gasteiger charge is -2.09. The molecular weight excluding hydrogens is 266 g/mol. The topological polar surface area (TPSA) is 40.0 Å². The lowest BCUT2D eigenvalue weighted by Crippen LogP contribution is -1.97. The molecular formula is C17H19NO3. The molecule has 0 saturated heterocycles. The maximum absolute atomic E-state index is 5.31. The third-order valence-corrected chi connectivity index (χ3v) is 3.17. The van der Waals surface area contributed by atoms with Crippen LogP contribution >= 0.6 is 0 Å². The highest BCUT2D eigenvalue weighted by Gasteiger charge is 2.06. The Labute approximate surface area is 125 Å². The van der Waals surface area contributed by atoms with Crippen molar-refractivity contribution >= 4 is 11.4 Å². The van der Waals surface area contributed by atoms with Crippen LogP contribution in [-0.2, 0) is 0 Å². The summed E-state index contributed by atoms with van der Waals surface area (Å²) in [5.41, 5.74) is 2.77. The van der Waals surface area contributed by atoms with Crippen LogP contribution in [0, 0.1) is 0 Å². The fraction of sp³-hybridized carbons (Fsp3) is 0.235. The van der Waals surface area contributed by atoms with Crippen molar-refractivity contribution in [2.75, 3.05) is 21.3 Å². The Kier molecular flexibility index (Phi) is 4.82. The Balaban J connectivity index is 2.29. The van der Waals surface area contributed by atoms with Crippen LogP contribution in [0.3, 0.4) is 0 Å². The van der Waals surface area contributed by atoms with Crippen LogP contribution in [-0.4, -0.2) is 27.0 Å².